The van der Waals surface area contributed by atoms with Gasteiger partial charge in [0.2, 0.25) is 5.89 Å². The highest BCUT2D eigenvalue weighted by Crippen LogP contribution is 2.11. The van der Waals surface area contributed by atoms with Gasteiger partial charge in [-0.1, -0.05) is 5.16 Å². The monoisotopic (exact) mass is 207 g/mol. The van der Waals surface area contributed by atoms with Crippen LogP contribution in [0.1, 0.15) is 30.4 Å². The number of nitrogens with one attached hydrogen (secondary N) is 1. The summed E-state index contributed by atoms with van der Waals surface area (Å²) in [6, 6.07) is 3.81. The first kappa shape index (κ1) is 9.92. The molecule has 0 fully saturated rings. The predicted molar refractivity (Wildman–Crippen MR) is 53.3 cm³/mol. The van der Waals surface area contributed by atoms with Crippen LogP contribution in [0.3, 0.4) is 0 Å². The molecule has 2 aromatic rings. The van der Waals surface area contributed by atoms with Gasteiger partial charge in [0.05, 0.1) is 18.7 Å². The van der Waals surface area contributed by atoms with Crippen molar-refractivity contribution < 1.29 is 8.94 Å². The molecule has 1 atom stereocenters. The Labute approximate surface area is 87.5 Å². The molecule has 0 saturated heterocycles. The minimum atomic E-state index is 0.0964. The van der Waals surface area contributed by atoms with Crippen LogP contribution in [0.4, 0.5) is 0 Å². The van der Waals surface area contributed by atoms with Gasteiger partial charge in [-0.3, -0.25) is 0 Å². The third-order valence-electron chi connectivity index (χ3n) is 2.21. The Morgan fingerprint density at radius 2 is 2.40 bits per heavy atom. The molecule has 0 aliphatic carbocycles. The first-order valence-corrected chi connectivity index (χ1v) is 4.81. The number of rotatable bonds is 4. The maximum atomic E-state index is 5.19. The van der Waals surface area contributed by atoms with Gasteiger partial charge < -0.3 is 14.3 Å². The normalized spacial score (nSPS) is 12.9. The van der Waals surface area contributed by atoms with E-state index >= 15 is 0 Å². The highest BCUT2D eigenvalue weighted by Gasteiger charge is 2.12. The number of hydrogen-bond acceptors (Lipinski definition) is 5. The van der Waals surface area contributed by atoms with Crippen LogP contribution in [0.2, 0.25) is 0 Å². The molecule has 2 heterocycles. The number of aromatic nitrogens is 2. The second-order valence-corrected chi connectivity index (χ2v) is 3.31. The van der Waals surface area contributed by atoms with Crippen molar-refractivity contribution in [2.45, 2.75) is 19.4 Å². The molecule has 0 spiro atoms. The van der Waals surface area contributed by atoms with Crippen LogP contribution in [-0.4, -0.2) is 17.2 Å². The molecular formula is C10H13N3O2. The van der Waals surface area contributed by atoms with E-state index in [2.05, 4.69) is 15.5 Å². The van der Waals surface area contributed by atoms with Crippen molar-refractivity contribution in [3.63, 3.8) is 0 Å². The van der Waals surface area contributed by atoms with Crippen LogP contribution in [0.15, 0.2) is 27.3 Å². The van der Waals surface area contributed by atoms with Crippen LogP contribution in [-0.2, 0) is 6.42 Å². The fraction of sp³-hybridized carbons (Fsp3) is 0.400. The number of nitrogens with zero attached hydrogens (tertiary/aromatic N) is 2. The summed E-state index contributed by atoms with van der Waals surface area (Å²) in [5.41, 5.74) is 0. The lowest BCUT2D eigenvalue weighted by Crippen LogP contribution is -2.13. The molecule has 0 bridgehead atoms. The van der Waals surface area contributed by atoms with E-state index < -0.39 is 0 Å². The molecule has 2 aromatic heterocycles. The SMILES string of the molecule is CNC(C)c1noc(Cc2ccco2)n1. The van der Waals surface area contributed by atoms with E-state index in [-0.39, 0.29) is 6.04 Å². The van der Waals surface area contributed by atoms with Gasteiger partial charge in [-0.05, 0) is 26.1 Å². The summed E-state index contributed by atoms with van der Waals surface area (Å²) in [6.45, 7) is 1.97. The van der Waals surface area contributed by atoms with E-state index in [4.69, 9.17) is 8.94 Å². The Hall–Kier alpha value is -1.62. The third kappa shape index (κ3) is 2.24. The summed E-state index contributed by atoms with van der Waals surface area (Å²) in [4.78, 5) is 4.26. The summed E-state index contributed by atoms with van der Waals surface area (Å²) < 4.78 is 10.3. The van der Waals surface area contributed by atoms with Crippen molar-refractivity contribution in [3.05, 3.63) is 35.9 Å². The van der Waals surface area contributed by atoms with Gasteiger partial charge in [-0.15, -0.1) is 0 Å². The molecule has 5 heteroatoms. The van der Waals surface area contributed by atoms with Gasteiger partial charge in [-0.25, -0.2) is 0 Å². The minimum absolute atomic E-state index is 0.0964. The Balaban J connectivity index is 2.07. The van der Waals surface area contributed by atoms with Crippen LogP contribution < -0.4 is 5.32 Å². The summed E-state index contributed by atoms with van der Waals surface area (Å²) in [6.07, 6.45) is 2.17. The maximum absolute atomic E-state index is 5.19. The van der Waals surface area contributed by atoms with Crippen LogP contribution >= 0.6 is 0 Å². The van der Waals surface area contributed by atoms with Gasteiger partial charge >= 0.3 is 0 Å². The average molecular weight is 207 g/mol. The second kappa shape index (κ2) is 4.27. The fourth-order valence-electron chi connectivity index (χ4n) is 1.21. The van der Waals surface area contributed by atoms with Gasteiger partial charge in [0.1, 0.15) is 5.76 Å². The first-order valence-electron chi connectivity index (χ1n) is 4.81. The number of hydrogen-bond donors (Lipinski definition) is 1. The van der Waals surface area contributed by atoms with Crippen LogP contribution in [0.5, 0.6) is 0 Å². The topological polar surface area (TPSA) is 64.1 Å². The molecule has 15 heavy (non-hydrogen) atoms. The molecule has 0 amide bonds. The van der Waals surface area contributed by atoms with E-state index in [1.807, 2.05) is 26.1 Å². The average Bonchev–Trinajstić information content (AvgIpc) is 2.88. The first-order chi connectivity index (χ1) is 7.29. The van der Waals surface area contributed by atoms with E-state index in [1.54, 1.807) is 6.26 Å². The molecule has 0 aliphatic heterocycles. The van der Waals surface area contributed by atoms with E-state index in [9.17, 15) is 0 Å². The van der Waals surface area contributed by atoms with E-state index in [1.165, 1.54) is 0 Å². The Morgan fingerprint density at radius 1 is 1.53 bits per heavy atom. The summed E-state index contributed by atoms with van der Waals surface area (Å²) in [5, 5.41) is 6.92. The van der Waals surface area contributed by atoms with Crippen LogP contribution in [0.25, 0.3) is 0 Å². The zero-order chi connectivity index (χ0) is 10.7. The molecule has 1 N–H and O–H groups in total. The van der Waals surface area contributed by atoms with Crippen molar-refractivity contribution in [2.24, 2.45) is 0 Å². The lowest BCUT2D eigenvalue weighted by atomic mass is 10.3. The summed E-state index contributed by atoms with van der Waals surface area (Å²) in [5.74, 6) is 2.06. The molecular weight excluding hydrogens is 194 g/mol. The lowest BCUT2D eigenvalue weighted by Gasteiger charge is -2.01. The van der Waals surface area contributed by atoms with Gasteiger partial charge in [0, 0.05) is 0 Å². The Kier molecular flexibility index (Phi) is 2.82. The minimum Gasteiger partial charge on any atom is -0.469 e. The van der Waals surface area contributed by atoms with Crippen molar-refractivity contribution in [2.75, 3.05) is 7.05 Å². The van der Waals surface area contributed by atoms with Crippen LogP contribution in [0, 0.1) is 0 Å². The maximum Gasteiger partial charge on any atom is 0.234 e. The third-order valence-corrected chi connectivity index (χ3v) is 2.21. The van der Waals surface area contributed by atoms with E-state index in [0.717, 1.165) is 5.76 Å². The summed E-state index contributed by atoms with van der Waals surface area (Å²) >= 11 is 0. The van der Waals surface area contributed by atoms with Crippen molar-refractivity contribution in [1.82, 2.24) is 15.5 Å². The smallest absolute Gasteiger partial charge is 0.234 e. The standard InChI is InChI=1S/C10H13N3O2/c1-7(11-2)10-12-9(15-13-10)6-8-4-3-5-14-8/h3-5,7,11H,6H2,1-2H3. The zero-order valence-corrected chi connectivity index (χ0v) is 8.73. The largest absolute Gasteiger partial charge is 0.469 e. The second-order valence-electron chi connectivity index (χ2n) is 3.31. The molecule has 1 unspecified atom stereocenters. The van der Waals surface area contributed by atoms with Crippen molar-refractivity contribution >= 4 is 0 Å². The molecule has 0 radical (unpaired) electrons. The highest BCUT2D eigenvalue weighted by atomic mass is 16.5. The Bertz CT molecular complexity index is 408. The molecule has 2 rings (SSSR count). The molecule has 5 nitrogen and oxygen atoms in total. The van der Waals surface area contributed by atoms with Crippen molar-refractivity contribution in [3.8, 4) is 0 Å². The molecule has 0 saturated carbocycles. The van der Waals surface area contributed by atoms with Gasteiger partial charge in [-0.2, -0.15) is 4.98 Å². The zero-order valence-electron chi connectivity index (χ0n) is 8.73. The van der Waals surface area contributed by atoms with Gasteiger partial charge in [0.15, 0.2) is 5.82 Å². The summed E-state index contributed by atoms with van der Waals surface area (Å²) in [7, 11) is 1.85. The van der Waals surface area contributed by atoms with Crippen molar-refractivity contribution in [1.29, 1.82) is 0 Å². The molecule has 0 aromatic carbocycles. The Morgan fingerprint density at radius 3 is 3.07 bits per heavy atom. The lowest BCUT2D eigenvalue weighted by molar-refractivity contribution is 0.366. The number of furan rings is 1. The molecule has 0 aliphatic rings. The van der Waals surface area contributed by atoms with E-state index in [0.29, 0.717) is 18.1 Å². The fourth-order valence-corrected chi connectivity index (χ4v) is 1.21. The quantitative estimate of drug-likeness (QED) is 0.823. The highest BCUT2D eigenvalue weighted by molar-refractivity contribution is 5.05. The van der Waals surface area contributed by atoms with Gasteiger partial charge in [0.25, 0.3) is 0 Å². The predicted octanol–water partition coefficient (Wildman–Crippen LogP) is 1.53. The molecule has 80 valence electrons.